The van der Waals surface area contributed by atoms with E-state index in [4.69, 9.17) is 21.8 Å². The van der Waals surface area contributed by atoms with Crippen LogP contribution in [-0.4, -0.2) is 29.0 Å². The molecule has 3 rings (SSSR count). The summed E-state index contributed by atoms with van der Waals surface area (Å²) in [5, 5.41) is 0.712. The molecule has 1 aromatic heterocycles. The van der Waals surface area contributed by atoms with Gasteiger partial charge in [0.1, 0.15) is 6.26 Å². The Balaban J connectivity index is 0.00000192. The highest BCUT2D eigenvalue weighted by Gasteiger charge is 2.26. The van der Waals surface area contributed by atoms with Crippen molar-refractivity contribution in [3.63, 3.8) is 0 Å². The summed E-state index contributed by atoms with van der Waals surface area (Å²) in [6.45, 7) is 4.87. The van der Waals surface area contributed by atoms with E-state index >= 15 is 0 Å². The van der Waals surface area contributed by atoms with Crippen molar-refractivity contribution in [2.75, 3.05) is 13.1 Å². The minimum absolute atomic E-state index is 0. The topological polar surface area (TPSA) is 55.3 Å². The molecule has 2 aromatic rings. The molecule has 6 heteroatoms. The molecule has 1 fully saturated rings. The summed E-state index contributed by atoms with van der Waals surface area (Å²) in [6.07, 6.45) is 4.13. The third-order valence-corrected chi connectivity index (χ3v) is 4.63. The Morgan fingerprint density at radius 3 is 2.78 bits per heavy atom. The molecule has 1 saturated heterocycles. The minimum atomic E-state index is 0. The van der Waals surface area contributed by atoms with Crippen molar-refractivity contribution in [2.45, 2.75) is 32.4 Å². The summed E-state index contributed by atoms with van der Waals surface area (Å²) < 4.78 is 5.61. The van der Waals surface area contributed by atoms with Crippen LogP contribution in [-0.2, 0) is 6.54 Å². The van der Waals surface area contributed by atoms with Crippen LogP contribution in [0.15, 0.2) is 34.9 Å². The quantitative estimate of drug-likeness (QED) is 0.901. The van der Waals surface area contributed by atoms with Crippen molar-refractivity contribution < 1.29 is 4.42 Å². The summed E-state index contributed by atoms with van der Waals surface area (Å²) in [7, 11) is 0. The lowest BCUT2D eigenvalue weighted by molar-refractivity contribution is 0.114. The minimum Gasteiger partial charge on any atom is -0.444 e. The lowest BCUT2D eigenvalue weighted by Crippen LogP contribution is -2.45. The van der Waals surface area contributed by atoms with E-state index in [0.717, 1.165) is 30.3 Å². The first kappa shape index (κ1) is 18.3. The second kappa shape index (κ2) is 8.15. The highest BCUT2D eigenvalue weighted by molar-refractivity contribution is 6.30. The summed E-state index contributed by atoms with van der Waals surface area (Å²) >= 11 is 5.91. The lowest BCUT2D eigenvalue weighted by Gasteiger charge is -2.37. The van der Waals surface area contributed by atoms with E-state index in [-0.39, 0.29) is 12.4 Å². The van der Waals surface area contributed by atoms with Gasteiger partial charge >= 0.3 is 0 Å². The first-order valence-corrected chi connectivity index (χ1v) is 8.18. The summed E-state index contributed by atoms with van der Waals surface area (Å²) in [5.41, 5.74) is 7.82. The molecule has 1 aromatic carbocycles. The number of rotatable bonds is 4. The fourth-order valence-electron chi connectivity index (χ4n) is 3.07. The van der Waals surface area contributed by atoms with E-state index in [2.05, 4.69) is 16.8 Å². The Bertz CT molecular complexity index is 615. The molecule has 2 heterocycles. The molecule has 0 spiro atoms. The van der Waals surface area contributed by atoms with E-state index in [1.54, 1.807) is 6.26 Å². The molecule has 1 aliphatic heterocycles. The first-order chi connectivity index (χ1) is 10.7. The number of benzene rings is 1. The molecule has 2 atom stereocenters. The Morgan fingerprint density at radius 2 is 2.09 bits per heavy atom. The van der Waals surface area contributed by atoms with Crippen molar-refractivity contribution in [3.05, 3.63) is 41.2 Å². The smallest absolute Gasteiger partial charge is 0.226 e. The van der Waals surface area contributed by atoms with Gasteiger partial charge in [-0.1, -0.05) is 18.5 Å². The van der Waals surface area contributed by atoms with Crippen molar-refractivity contribution in [1.82, 2.24) is 9.88 Å². The number of halogens is 2. The number of nitrogens with zero attached hydrogens (tertiary/aromatic N) is 2. The number of nitrogens with two attached hydrogens (primary N) is 1. The number of likely N-dealkylation sites (tertiary alicyclic amines) is 1. The van der Waals surface area contributed by atoms with Gasteiger partial charge in [0.05, 0.1) is 5.69 Å². The van der Waals surface area contributed by atoms with Crippen LogP contribution in [0.3, 0.4) is 0 Å². The van der Waals surface area contributed by atoms with Crippen LogP contribution in [0, 0.1) is 5.92 Å². The number of hydrogen-bond donors (Lipinski definition) is 1. The maximum absolute atomic E-state index is 5.92. The fraction of sp³-hybridized carbons (Fsp3) is 0.471. The fourth-order valence-corrected chi connectivity index (χ4v) is 3.19. The maximum Gasteiger partial charge on any atom is 0.226 e. The molecule has 1 aliphatic rings. The second-order valence-corrected chi connectivity index (χ2v) is 6.58. The molecule has 126 valence electrons. The van der Waals surface area contributed by atoms with Crippen LogP contribution in [0.1, 0.15) is 25.5 Å². The number of hydrogen-bond acceptors (Lipinski definition) is 4. The Labute approximate surface area is 148 Å². The molecular weight excluding hydrogens is 333 g/mol. The predicted octanol–water partition coefficient (Wildman–Crippen LogP) is 3.98. The predicted molar refractivity (Wildman–Crippen MR) is 95.8 cm³/mol. The first-order valence-electron chi connectivity index (χ1n) is 7.80. The van der Waals surface area contributed by atoms with Gasteiger partial charge < -0.3 is 10.2 Å². The van der Waals surface area contributed by atoms with Crippen LogP contribution in [0.4, 0.5) is 0 Å². The molecule has 2 N–H and O–H groups in total. The maximum atomic E-state index is 5.92. The molecule has 23 heavy (non-hydrogen) atoms. The van der Waals surface area contributed by atoms with E-state index in [0.29, 0.717) is 23.5 Å². The van der Waals surface area contributed by atoms with Gasteiger partial charge in [0.15, 0.2) is 0 Å². The van der Waals surface area contributed by atoms with E-state index < -0.39 is 0 Å². The zero-order valence-electron chi connectivity index (χ0n) is 13.2. The second-order valence-electron chi connectivity index (χ2n) is 6.14. The summed E-state index contributed by atoms with van der Waals surface area (Å²) in [4.78, 5) is 7.02. The van der Waals surface area contributed by atoms with Gasteiger partial charge in [-0.05, 0) is 49.6 Å². The van der Waals surface area contributed by atoms with Gasteiger partial charge in [-0.25, -0.2) is 4.98 Å². The molecule has 4 nitrogen and oxygen atoms in total. The lowest BCUT2D eigenvalue weighted by atomic mass is 9.92. The van der Waals surface area contributed by atoms with Gasteiger partial charge in [0, 0.05) is 29.7 Å². The SMILES string of the molecule is CC1CCN(Cc2coc(-c3ccc(Cl)cc3)n2)C(CN)C1.Cl. The number of piperidine rings is 1. The van der Waals surface area contributed by atoms with Crippen LogP contribution in [0.25, 0.3) is 11.5 Å². The van der Waals surface area contributed by atoms with Crippen LogP contribution < -0.4 is 5.73 Å². The zero-order chi connectivity index (χ0) is 15.5. The normalized spacial score (nSPS) is 21.9. The molecular formula is C17H23Cl2N3O. The third kappa shape index (κ3) is 4.48. The van der Waals surface area contributed by atoms with Crippen molar-refractivity contribution >= 4 is 24.0 Å². The summed E-state index contributed by atoms with van der Waals surface area (Å²) in [6, 6.07) is 7.97. The molecule has 0 saturated carbocycles. The van der Waals surface area contributed by atoms with Gasteiger partial charge in [-0.3, -0.25) is 4.90 Å². The van der Waals surface area contributed by atoms with Crippen molar-refractivity contribution in [1.29, 1.82) is 0 Å². The Morgan fingerprint density at radius 1 is 1.35 bits per heavy atom. The molecule has 0 radical (unpaired) electrons. The average Bonchev–Trinajstić information content (AvgIpc) is 2.98. The monoisotopic (exact) mass is 355 g/mol. The molecule has 2 unspecified atom stereocenters. The van der Waals surface area contributed by atoms with E-state index in [9.17, 15) is 0 Å². The van der Waals surface area contributed by atoms with Crippen LogP contribution >= 0.6 is 24.0 Å². The Kier molecular flexibility index (Phi) is 6.48. The van der Waals surface area contributed by atoms with E-state index in [1.807, 2.05) is 24.3 Å². The zero-order valence-corrected chi connectivity index (χ0v) is 14.8. The van der Waals surface area contributed by atoms with Gasteiger partial charge in [0.25, 0.3) is 0 Å². The standard InChI is InChI=1S/C17H22ClN3O.ClH/c1-12-6-7-21(16(8-12)9-19)10-15-11-22-17(20-15)13-2-4-14(18)5-3-13;/h2-5,11-12,16H,6-10,19H2,1H3;1H. The van der Waals surface area contributed by atoms with Gasteiger partial charge in [0.2, 0.25) is 5.89 Å². The Hall–Kier alpha value is -1.07. The third-order valence-electron chi connectivity index (χ3n) is 4.38. The summed E-state index contributed by atoms with van der Waals surface area (Å²) in [5.74, 6) is 1.40. The van der Waals surface area contributed by atoms with Crippen molar-refractivity contribution in [2.24, 2.45) is 11.7 Å². The van der Waals surface area contributed by atoms with Crippen LogP contribution in [0.5, 0.6) is 0 Å². The largest absolute Gasteiger partial charge is 0.444 e. The highest BCUT2D eigenvalue weighted by atomic mass is 35.5. The molecule has 0 bridgehead atoms. The van der Waals surface area contributed by atoms with E-state index in [1.165, 1.54) is 12.8 Å². The van der Waals surface area contributed by atoms with Gasteiger partial charge in [-0.15, -0.1) is 12.4 Å². The highest BCUT2D eigenvalue weighted by Crippen LogP contribution is 2.25. The average molecular weight is 356 g/mol. The number of oxazole rings is 1. The van der Waals surface area contributed by atoms with Gasteiger partial charge in [-0.2, -0.15) is 0 Å². The molecule has 0 aliphatic carbocycles. The number of aromatic nitrogens is 1. The van der Waals surface area contributed by atoms with Crippen LogP contribution in [0.2, 0.25) is 5.02 Å². The molecule has 0 amide bonds. The van der Waals surface area contributed by atoms with Crippen molar-refractivity contribution in [3.8, 4) is 11.5 Å².